The summed E-state index contributed by atoms with van der Waals surface area (Å²) in [5.41, 5.74) is 1.12. The van der Waals surface area contributed by atoms with Crippen LogP contribution >= 0.6 is 22.9 Å². The number of methoxy groups -OCH3 is 1. The molecule has 0 bridgehead atoms. The summed E-state index contributed by atoms with van der Waals surface area (Å²) >= 11 is 7.03. The molecule has 0 fully saturated rings. The summed E-state index contributed by atoms with van der Waals surface area (Å²) in [6.45, 7) is 3.34. The van der Waals surface area contributed by atoms with Gasteiger partial charge in [0.1, 0.15) is 0 Å². The normalized spacial score (nSPS) is 10.5. The van der Waals surface area contributed by atoms with Gasteiger partial charge in [0.2, 0.25) is 0 Å². The molecule has 8 heteroatoms. The number of rotatable bonds is 5. The molecule has 0 atom stereocenters. The first-order valence-electron chi connectivity index (χ1n) is 5.57. The molecule has 0 amide bonds. The smallest absolute Gasteiger partial charge is 0.351 e. The highest BCUT2D eigenvalue weighted by molar-refractivity contribution is 7.18. The first kappa shape index (κ1) is 13.8. The first-order valence-corrected chi connectivity index (χ1v) is 6.77. The summed E-state index contributed by atoms with van der Waals surface area (Å²) in [6, 6.07) is 0. The molecule has 0 spiro atoms. The predicted octanol–water partition coefficient (Wildman–Crippen LogP) is 2.20. The summed E-state index contributed by atoms with van der Waals surface area (Å²) < 4.78 is 6.44. The van der Waals surface area contributed by atoms with Gasteiger partial charge in [0.15, 0.2) is 15.2 Å². The molecule has 0 aliphatic carbocycles. The highest BCUT2D eigenvalue weighted by atomic mass is 35.5. The van der Waals surface area contributed by atoms with E-state index in [0.717, 1.165) is 5.56 Å². The van der Waals surface area contributed by atoms with E-state index in [2.05, 4.69) is 20.1 Å². The maximum atomic E-state index is 11.4. The van der Waals surface area contributed by atoms with E-state index in [1.165, 1.54) is 18.4 Å². The first-order chi connectivity index (χ1) is 9.10. The molecule has 19 heavy (non-hydrogen) atoms. The Morgan fingerprint density at radius 3 is 3.05 bits per heavy atom. The van der Waals surface area contributed by atoms with Crippen LogP contribution in [-0.2, 0) is 11.3 Å². The van der Waals surface area contributed by atoms with Gasteiger partial charge in [-0.2, -0.15) is 5.10 Å². The summed E-state index contributed by atoms with van der Waals surface area (Å²) in [5, 5.41) is 8.02. The maximum Gasteiger partial charge on any atom is 0.351 e. The third-order valence-corrected chi connectivity index (χ3v) is 3.71. The van der Waals surface area contributed by atoms with Crippen molar-refractivity contribution >= 4 is 34.0 Å². The topological polar surface area (TPSA) is 69.0 Å². The van der Waals surface area contributed by atoms with E-state index in [0.29, 0.717) is 23.1 Å². The second-order valence-electron chi connectivity index (χ2n) is 3.84. The molecule has 0 aromatic carbocycles. The van der Waals surface area contributed by atoms with E-state index in [1.807, 2.05) is 17.8 Å². The number of esters is 1. The van der Waals surface area contributed by atoms with Crippen LogP contribution in [0.4, 0.5) is 5.13 Å². The Labute approximate surface area is 119 Å². The third-order valence-electron chi connectivity index (χ3n) is 2.34. The van der Waals surface area contributed by atoms with E-state index in [1.54, 1.807) is 6.20 Å². The van der Waals surface area contributed by atoms with Crippen molar-refractivity contribution in [3.05, 3.63) is 28.0 Å². The monoisotopic (exact) mass is 300 g/mol. The van der Waals surface area contributed by atoms with Crippen molar-refractivity contribution in [3.8, 4) is 0 Å². The van der Waals surface area contributed by atoms with Crippen LogP contribution in [0.5, 0.6) is 0 Å². The Bertz CT molecular complexity index is 581. The molecule has 0 saturated heterocycles. The summed E-state index contributed by atoms with van der Waals surface area (Å²) in [7, 11) is 1.31. The molecule has 2 aromatic rings. The van der Waals surface area contributed by atoms with E-state index in [4.69, 9.17) is 11.6 Å². The van der Waals surface area contributed by atoms with Crippen molar-refractivity contribution in [1.29, 1.82) is 0 Å². The largest absolute Gasteiger partial charge is 0.465 e. The molecule has 0 aliphatic rings. The minimum atomic E-state index is -0.474. The van der Waals surface area contributed by atoms with E-state index in [-0.39, 0.29) is 5.15 Å². The average Bonchev–Trinajstić information content (AvgIpc) is 2.95. The number of nitrogens with one attached hydrogen (secondary N) is 1. The molecule has 1 N–H and O–H groups in total. The van der Waals surface area contributed by atoms with Gasteiger partial charge in [-0.05, 0) is 12.5 Å². The number of aromatic nitrogens is 3. The van der Waals surface area contributed by atoms with Crippen molar-refractivity contribution in [2.24, 2.45) is 0 Å². The summed E-state index contributed by atoms with van der Waals surface area (Å²) in [6.07, 6.45) is 3.76. The van der Waals surface area contributed by atoms with Crippen molar-refractivity contribution in [2.45, 2.75) is 13.5 Å². The van der Waals surface area contributed by atoms with E-state index < -0.39 is 5.97 Å². The van der Waals surface area contributed by atoms with Crippen molar-refractivity contribution in [3.63, 3.8) is 0 Å². The zero-order valence-electron chi connectivity index (χ0n) is 10.5. The maximum absolute atomic E-state index is 11.4. The molecule has 102 valence electrons. The molecule has 0 unspecified atom stereocenters. The van der Waals surface area contributed by atoms with Crippen molar-refractivity contribution < 1.29 is 9.53 Å². The number of nitrogens with zero attached hydrogens (tertiary/aromatic N) is 3. The quantitative estimate of drug-likeness (QED) is 0.857. The second kappa shape index (κ2) is 6.03. The van der Waals surface area contributed by atoms with Crippen LogP contribution in [0.25, 0.3) is 0 Å². The minimum absolute atomic E-state index is 0.161. The van der Waals surface area contributed by atoms with Crippen LogP contribution in [0.1, 0.15) is 15.2 Å². The van der Waals surface area contributed by atoms with Crippen LogP contribution in [0, 0.1) is 6.92 Å². The Balaban J connectivity index is 1.91. The highest BCUT2D eigenvalue weighted by Crippen LogP contribution is 2.27. The van der Waals surface area contributed by atoms with Crippen molar-refractivity contribution in [2.75, 3.05) is 19.0 Å². The number of hydrogen-bond donors (Lipinski definition) is 1. The molecule has 0 radical (unpaired) electrons. The molecule has 0 aliphatic heterocycles. The average molecular weight is 301 g/mol. The molecule has 2 aromatic heterocycles. The highest BCUT2D eigenvalue weighted by Gasteiger charge is 2.16. The lowest BCUT2D eigenvalue weighted by Gasteiger charge is -2.02. The number of carbonyl (C=O) groups is 1. The number of halogens is 1. The molecule has 6 nitrogen and oxygen atoms in total. The van der Waals surface area contributed by atoms with E-state index in [9.17, 15) is 4.79 Å². The number of aryl methyl sites for hydroxylation is 1. The molecule has 0 saturated carbocycles. The predicted molar refractivity (Wildman–Crippen MR) is 73.9 cm³/mol. The van der Waals surface area contributed by atoms with Gasteiger partial charge >= 0.3 is 5.97 Å². The Hall–Kier alpha value is -1.60. The van der Waals surface area contributed by atoms with Crippen LogP contribution in [-0.4, -0.2) is 34.4 Å². The second-order valence-corrected chi connectivity index (χ2v) is 5.20. The van der Waals surface area contributed by atoms with Gasteiger partial charge in [0, 0.05) is 12.7 Å². The lowest BCUT2D eigenvalue weighted by atomic mass is 10.4. The summed E-state index contributed by atoms with van der Waals surface area (Å²) in [5.74, 6) is -0.474. The van der Waals surface area contributed by atoms with Gasteiger partial charge in [0.05, 0.1) is 19.9 Å². The molecule has 2 rings (SSSR count). The van der Waals surface area contributed by atoms with Crippen LogP contribution < -0.4 is 5.32 Å². The lowest BCUT2D eigenvalue weighted by Crippen LogP contribution is -2.10. The fraction of sp³-hybridized carbons (Fsp3) is 0.364. The SMILES string of the molecule is COC(=O)c1sc(NCCn2cc(C)cn2)nc1Cl. The number of hydrogen-bond acceptors (Lipinski definition) is 6. The lowest BCUT2D eigenvalue weighted by molar-refractivity contribution is 0.0606. The van der Waals surface area contributed by atoms with Crippen molar-refractivity contribution in [1.82, 2.24) is 14.8 Å². The van der Waals surface area contributed by atoms with E-state index >= 15 is 0 Å². The number of thiazole rings is 1. The number of carbonyl (C=O) groups excluding carboxylic acids is 1. The van der Waals surface area contributed by atoms with Gasteiger partial charge in [-0.15, -0.1) is 0 Å². The third kappa shape index (κ3) is 3.45. The standard InChI is InChI=1S/C11H13ClN4O2S/c1-7-5-14-16(6-7)4-3-13-11-15-9(12)8(19-11)10(17)18-2/h5-6H,3-4H2,1-2H3,(H,13,15). The van der Waals surface area contributed by atoms with Gasteiger partial charge < -0.3 is 10.1 Å². The van der Waals surface area contributed by atoms with Gasteiger partial charge in [-0.25, -0.2) is 9.78 Å². The fourth-order valence-electron chi connectivity index (χ4n) is 1.46. The zero-order chi connectivity index (χ0) is 13.8. The molecular formula is C11H13ClN4O2S. The van der Waals surface area contributed by atoms with Crippen LogP contribution in [0.2, 0.25) is 5.15 Å². The Morgan fingerprint density at radius 1 is 1.63 bits per heavy atom. The number of anilines is 1. The van der Waals surface area contributed by atoms with Gasteiger partial charge in [-0.3, -0.25) is 4.68 Å². The zero-order valence-corrected chi connectivity index (χ0v) is 12.1. The van der Waals surface area contributed by atoms with Gasteiger partial charge in [-0.1, -0.05) is 22.9 Å². The summed E-state index contributed by atoms with van der Waals surface area (Å²) in [4.78, 5) is 15.7. The van der Waals surface area contributed by atoms with Crippen LogP contribution in [0.3, 0.4) is 0 Å². The fourth-order valence-corrected chi connectivity index (χ4v) is 2.59. The Kier molecular flexibility index (Phi) is 4.39. The molecular weight excluding hydrogens is 288 g/mol. The van der Waals surface area contributed by atoms with Gasteiger partial charge in [0.25, 0.3) is 0 Å². The number of ether oxygens (including phenoxy) is 1. The Morgan fingerprint density at radius 2 is 2.42 bits per heavy atom. The molecule has 2 heterocycles. The van der Waals surface area contributed by atoms with Crippen LogP contribution in [0.15, 0.2) is 12.4 Å². The minimum Gasteiger partial charge on any atom is -0.465 e.